The number of aliphatic imine (C=N–C) groups is 2. The van der Waals surface area contributed by atoms with Gasteiger partial charge in [-0.15, -0.1) is 6.42 Å². The van der Waals surface area contributed by atoms with Gasteiger partial charge in [0, 0.05) is 26.3 Å². The van der Waals surface area contributed by atoms with Gasteiger partial charge in [0.25, 0.3) is 0 Å². The number of rotatable bonds is 2. The Morgan fingerprint density at radius 1 is 1.26 bits per heavy atom. The second-order valence-corrected chi connectivity index (χ2v) is 6.25. The normalized spacial score (nSPS) is 15.2. The molecule has 2 aromatic carbocycles. The number of nitrogens with one attached hydrogen (secondary N) is 1. The summed E-state index contributed by atoms with van der Waals surface area (Å²) in [5.74, 6) is 3.26. The van der Waals surface area contributed by atoms with Crippen LogP contribution in [-0.4, -0.2) is 24.6 Å². The minimum atomic E-state index is 0.325. The van der Waals surface area contributed by atoms with E-state index in [0.717, 1.165) is 32.8 Å². The van der Waals surface area contributed by atoms with Gasteiger partial charge in [-0.2, -0.15) is 0 Å². The lowest BCUT2D eigenvalue weighted by Gasteiger charge is -2.12. The van der Waals surface area contributed by atoms with Crippen LogP contribution < -0.4 is 5.32 Å². The minimum absolute atomic E-state index is 0.325. The highest BCUT2D eigenvalue weighted by Gasteiger charge is 2.19. The standard InChI is InChI=1S/C18H13BrClN3/c1-2-9-21-17-11-22-18(13-5-3-4-6-15(13)20)14-10-12(19)7-8-16(14)23-17/h1,3-8,10H,9,11H2,(H,21,23). The molecular formula is C18H13BrClN3. The SMILES string of the molecule is C#CCN=C1CN=C(c2ccccc2Cl)c2cc(Br)ccc2N1. The highest BCUT2D eigenvalue weighted by Crippen LogP contribution is 2.28. The maximum Gasteiger partial charge on any atom is 0.124 e. The number of benzodiazepines with no additional fused rings is 1. The Morgan fingerprint density at radius 2 is 2.09 bits per heavy atom. The Morgan fingerprint density at radius 3 is 2.87 bits per heavy atom. The van der Waals surface area contributed by atoms with Crippen LogP contribution in [0.25, 0.3) is 0 Å². The van der Waals surface area contributed by atoms with Crippen LogP contribution in [0.3, 0.4) is 0 Å². The van der Waals surface area contributed by atoms with Gasteiger partial charge in [-0.3, -0.25) is 9.98 Å². The molecule has 0 radical (unpaired) electrons. The maximum absolute atomic E-state index is 6.37. The first-order valence-corrected chi connectivity index (χ1v) is 8.19. The molecule has 5 heteroatoms. The molecule has 0 fully saturated rings. The molecule has 114 valence electrons. The van der Waals surface area contributed by atoms with Crippen molar-refractivity contribution in [3.05, 3.63) is 63.1 Å². The van der Waals surface area contributed by atoms with Crippen molar-refractivity contribution in [1.82, 2.24) is 0 Å². The van der Waals surface area contributed by atoms with E-state index in [2.05, 4.69) is 32.2 Å². The van der Waals surface area contributed by atoms with Crippen molar-refractivity contribution in [2.75, 3.05) is 18.4 Å². The van der Waals surface area contributed by atoms with Crippen LogP contribution in [0.2, 0.25) is 5.02 Å². The lowest BCUT2D eigenvalue weighted by atomic mass is 10.0. The third-order valence-electron chi connectivity index (χ3n) is 3.39. The van der Waals surface area contributed by atoms with Crippen molar-refractivity contribution in [3.63, 3.8) is 0 Å². The number of hydrogen-bond acceptors (Lipinski definition) is 2. The first-order chi connectivity index (χ1) is 11.2. The molecule has 0 amide bonds. The van der Waals surface area contributed by atoms with Crippen LogP contribution in [-0.2, 0) is 0 Å². The van der Waals surface area contributed by atoms with Gasteiger partial charge in [-0.25, -0.2) is 0 Å². The molecule has 0 saturated heterocycles. The molecule has 0 atom stereocenters. The van der Waals surface area contributed by atoms with Crippen molar-refractivity contribution >= 4 is 44.8 Å². The lowest BCUT2D eigenvalue weighted by molar-refractivity contribution is 1.21. The molecule has 0 aromatic heterocycles. The number of fused-ring (bicyclic) bond motifs is 1. The second kappa shape index (κ2) is 6.99. The summed E-state index contributed by atoms with van der Waals surface area (Å²) < 4.78 is 0.974. The lowest BCUT2D eigenvalue weighted by Crippen LogP contribution is -2.15. The zero-order valence-corrected chi connectivity index (χ0v) is 14.5. The molecule has 1 N–H and O–H groups in total. The van der Waals surface area contributed by atoms with E-state index in [1.807, 2.05) is 42.5 Å². The van der Waals surface area contributed by atoms with Crippen LogP contribution in [0.15, 0.2) is 56.9 Å². The van der Waals surface area contributed by atoms with Crippen LogP contribution in [0, 0.1) is 12.3 Å². The Labute approximate surface area is 148 Å². The summed E-state index contributed by atoms with van der Waals surface area (Å²) in [4.78, 5) is 9.07. The summed E-state index contributed by atoms with van der Waals surface area (Å²) in [5.41, 5.74) is 3.64. The molecule has 0 spiro atoms. The average Bonchev–Trinajstić information content (AvgIpc) is 2.72. The maximum atomic E-state index is 6.37. The highest BCUT2D eigenvalue weighted by atomic mass is 79.9. The van der Waals surface area contributed by atoms with E-state index in [1.165, 1.54) is 0 Å². The molecule has 0 aliphatic carbocycles. The highest BCUT2D eigenvalue weighted by molar-refractivity contribution is 9.10. The minimum Gasteiger partial charge on any atom is -0.342 e. The molecule has 3 nitrogen and oxygen atoms in total. The summed E-state index contributed by atoms with van der Waals surface area (Å²) in [6, 6.07) is 13.7. The van der Waals surface area contributed by atoms with E-state index in [-0.39, 0.29) is 0 Å². The van der Waals surface area contributed by atoms with Crippen LogP contribution in [0.4, 0.5) is 5.69 Å². The van der Waals surface area contributed by atoms with E-state index >= 15 is 0 Å². The summed E-state index contributed by atoms with van der Waals surface area (Å²) >= 11 is 9.89. The molecule has 0 bridgehead atoms. The first-order valence-electron chi connectivity index (χ1n) is 7.02. The van der Waals surface area contributed by atoms with E-state index < -0.39 is 0 Å². The third kappa shape index (κ3) is 3.47. The zero-order chi connectivity index (χ0) is 16.2. The number of anilines is 1. The predicted octanol–water partition coefficient (Wildman–Crippen LogP) is 4.40. The Bertz CT molecular complexity index is 850. The summed E-state index contributed by atoms with van der Waals surface area (Å²) in [6.45, 7) is 0.750. The van der Waals surface area contributed by atoms with Crippen LogP contribution >= 0.6 is 27.5 Å². The quantitative estimate of drug-likeness (QED) is 0.763. The van der Waals surface area contributed by atoms with Crippen molar-refractivity contribution in [1.29, 1.82) is 0 Å². The first kappa shape index (κ1) is 15.8. The molecule has 0 unspecified atom stereocenters. The van der Waals surface area contributed by atoms with Gasteiger partial charge in [0.1, 0.15) is 12.4 Å². The topological polar surface area (TPSA) is 36.8 Å². The molecule has 1 aliphatic rings. The smallest absolute Gasteiger partial charge is 0.124 e. The monoisotopic (exact) mass is 385 g/mol. The molecule has 2 aromatic rings. The molecular weight excluding hydrogens is 374 g/mol. The largest absolute Gasteiger partial charge is 0.342 e. The zero-order valence-electron chi connectivity index (χ0n) is 12.2. The number of nitrogens with zero attached hydrogens (tertiary/aromatic N) is 2. The fraction of sp³-hybridized carbons (Fsp3) is 0.111. The van der Waals surface area contributed by atoms with Gasteiger partial charge >= 0.3 is 0 Å². The van der Waals surface area contributed by atoms with Crippen LogP contribution in [0.5, 0.6) is 0 Å². The summed E-state index contributed by atoms with van der Waals surface area (Å²) in [5, 5.41) is 3.98. The third-order valence-corrected chi connectivity index (χ3v) is 4.22. The van der Waals surface area contributed by atoms with E-state index in [0.29, 0.717) is 18.1 Å². The number of halogens is 2. The summed E-state index contributed by atoms with van der Waals surface area (Å²) in [7, 11) is 0. The van der Waals surface area contributed by atoms with E-state index in [4.69, 9.17) is 23.0 Å². The Hall–Kier alpha value is -2.09. The fourth-order valence-corrected chi connectivity index (χ4v) is 2.96. The molecule has 1 aliphatic heterocycles. The van der Waals surface area contributed by atoms with Gasteiger partial charge in [0.15, 0.2) is 0 Å². The average molecular weight is 387 g/mol. The number of amidine groups is 1. The van der Waals surface area contributed by atoms with Gasteiger partial charge < -0.3 is 5.32 Å². The van der Waals surface area contributed by atoms with Gasteiger partial charge in [0.05, 0.1) is 12.3 Å². The van der Waals surface area contributed by atoms with Gasteiger partial charge in [-0.1, -0.05) is 51.7 Å². The number of benzene rings is 2. The molecule has 0 saturated carbocycles. The van der Waals surface area contributed by atoms with Crippen molar-refractivity contribution < 1.29 is 0 Å². The number of terminal acetylenes is 1. The van der Waals surface area contributed by atoms with Crippen molar-refractivity contribution in [2.45, 2.75) is 0 Å². The molecule has 1 heterocycles. The predicted molar refractivity (Wildman–Crippen MR) is 101 cm³/mol. The second-order valence-electron chi connectivity index (χ2n) is 4.93. The van der Waals surface area contributed by atoms with E-state index in [1.54, 1.807) is 0 Å². The van der Waals surface area contributed by atoms with Gasteiger partial charge in [-0.05, 0) is 24.3 Å². The van der Waals surface area contributed by atoms with Crippen LogP contribution in [0.1, 0.15) is 11.1 Å². The molecule has 3 rings (SSSR count). The molecule has 23 heavy (non-hydrogen) atoms. The Kier molecular flexibility index (Phi) is 4.80. The van der Waals surface area contributed by atoms with Crippen molar-refractivity contribution in [3.8, 4) is 12.3 Å². The Balaban J connectivity index is 2.16. The summed E-state index contributed by atoms with van der Waals surface area (Å²) in [6.07, 6.45) is 5.29. The van der Waals surface area contributed by atoms with E-state index in [9.17, 15) is 0 Å². The van der Waals surface area contributed by atoms with Gasteiger partial charge in [0.2, 0.25) is 0 Å². The fourth-order valence-electron chi connectivity index (χ4n) is 2.37. The number of hydrogen-bond donors (Lipinski definition) is 1. The van der Waals surface area contributed by atoms with Crippen molar-refractivity contribution in [2.24, 2.45) is 9.98 Å².